The van der Waals surface area contributed by atoms with Gasteiger partial charge in [0.1, 0.15) is 0 Å². The number of rotatable bonds is 3. The average Bonchev–Trinajstić information content (AvgIpc) is 3.24. The zero-order valence-electron chi connectivity index (χ0n) is 11.4. The summed E-state index contributed by atoms with van der Waals surface area (Å²) in [7, 11) is 0. The van der Waals surface area contributed by atoms with Crippen LogP contribution in [0.3, 0.4) is 0 Å². The Kier molecular flexibility index (Phi) is 2.97. The van der Waals surface area contributed by atoms with Crippen molar-refractivity contribution >= 4 is 27.9 Å². The number of fused-ring (bicyclic) bond motifs is 1. The number of hydrogen-bond donors (Lipinski definition) is 2. The van der Waals surface area contributed by atoms with Gasteiger partial charge in [0.2, 0.25) is 0 Å². The Balaban J connectivity index is 1.55. The first-order valence-electron chi connectivity index (χ1n) is 6.62. The van der Waals surface area contributed by atoms with Crippen LogP contribution in [0.15, 0.2) is 54.4 Å². The summed E-state index contributed by atoms with van der Waals surface area (Å²) in [4.78, 5) is 17.4. The molecule has 0 fully saturated rings. The molecule has 0 unspecified atom stereocenters. The van der Waals surface area contributed by atoms with Crippen LogP contribution in [0.1, 0.15) is 10.4 Å². The molecular weight excluding hydrogens is 298 g/mol. The highest BCUT2D eigenvalue weighted by Gasteiger charge is 2.08. The number of hydrogen-bond acceptors (Lipinski definition) is 4. The third kappa shape index (κ3) is 2.27. The second kappa shape index (κ2) is 5.12. The molecule has 0 spiro atoms. The highest BCUT2D eigenvalue weighted by Crippen LogP contribution is 2.23. The molecule has 4 aromatic rings. The molecule has 0 aliphatic rings. The molecule has 2 N–H and O–H groups in total. The summed E-state index contributed by atoms with van der Waals surface area (Å²) >= 11 is 1.60. The minimum absolute atomic E-state index is 0.191. The summed E-state index contributed by atoms with van der Waals surface area (Å²) < 4.78 is 1.99. The van der Waals surface area contributed by atoms with Crippen molar-refractivity contribution in [3.8, 4) is 11.3 Å². The minimum atomic E-state index is -0.191. The van der Waals surface area contributed by atoms with Crippen LogP contribution < -0.4 is 5.32 Å². The fraction of sp³-hybridized carbons (Fsp3) is 0. The molecule has 7 heteroatoms. The van der Waals surface area contributed by atoms with Crippen LogP contribution >= 0.6 is 11.3 Å². The molecule has 1 amide bonds. The Bertz CT molecular complexity index is 892. The van der Waals surface area contributed by atoms with Gasteiger partial charge in [-0.2, -0.15) is 5.10 Å². The lowest BCUT2D eigenvalue weighted by Gasteiger charge is -2.04. The van der Waals surface area contributed by atoms with E-state index < -0.39 is 0 Å². The lowest BCUT2D eigenvalue weighted by Crippen LogP contribution is -2.10. The zero-order chi connectivity index (χ0) is 14.9. The fourth-order valence-corrected chi connectivity index (χ4v) is 2.87. The van der Waals surface area contributed by atoms with Gasteiger partial charge in [-0.1, -0.05) is 12.1 Å². The smallest absolute Gasteiger partial charge is 0.258 e. The summed E-state index contributed by atoms with van der Waals surface area (Å²) in [6, 6.07) is 7.61. The first-order valence-corrected chi connectivity index (χ1v) is 7.50. The maximum atomic E-state index is 11.9. The van der Waals surface area contributed by atoms with Crippen molar-refractivity contribution in [2.75, 3.05) is 5.32 Å². The Morgan fingerprint density at radius 3 is 2.86 bits per heavy atom. The van der Waals surface area contributed by atoms with Gasteiger partial charge in [-0.3, -0.25) is 14.3 Å². The summed E-state index contributed by atoms with van der Waals surface area (Å²) in [5.41, 5.74) is 3.16. The van der Waals surface area contributed by atoms with Gasteiger partial charge in [-0.15, -0.1) is 11.3 Å². The number of H-pyrrole nitrogens is 1. The van der Waals surface area contributed by atoms with Gasteiger partial charge in [-0.05, 0) is 12.1 Å². The monoisotopic (exact) mass is 309 g/mol. The molecular formula is C15H11N5OS. The number of carbonyl (C=O) groups excluding carboxylic acids is 1. The quantitative estimate of drug-likeness (QED) is 0.611. The maximum absolute atomic E-state index is 11.9. The summed E-state index contributed by atoms with van der Waals surface area (Å²) in [5, 5.41) is 11.2. The molecule has 0 aliphatic heterocycles. The number of imidazole rings is 1. The predicted molar refractivity (Wildman–Crippen MR) is 85.0 cm³/mol. The third-order valence-electron chi connectivity index (χ3n) is 3.29. The number of benzene rings is 1. The van der Waals surface area contributed by atoms with Crippen LogP contribution in [0.4, 0.5) is 5.69 Å². The van der Waals surface area contributed by atoms with Crippen molar-refractivity contribution in [3.05, 3.63) is 60.0 Å². The molecule has 1 aromatic carbocycles. The molecule has 0 bridgehead atoms. The Morgan fingerprint density at radius 1 is 1.27 bits per heavy atom. The average molecular weight is 309 g/mol. The number of carbonyl (C=O) groups is 1. The highest BCUT2D eigenvalue weighted by molar-refractivity contribution is 7.15. The fourth-order valence-electron chi connectivity index (χ4n) is 2.17. The number of anilines is 1. The van der Waals surface area contributed by atoms with E-state index in [1.54, 1.807) is 17.5 Å². The van der Waals surface area contributed by atoms with E-state index in [1.165, 1.54) is 6.20 Å². The number of aromatic nitrogens is 4. The van der Waals surface area contributed by atoms with E-state index in [1.807, 2.05) is 46.4 Å². The van der Waals surface area contributed by atoms with E-state index in [0.717, 1.165) is 21.9 Å². The second-order valence-corrected chi connectivity index (χ2v) is 5.61. The first kappa shape index (κ1) is 12.8. The van der Waals surface area contributed by atoms with E-state index >= 15 is 0 Å². The van der Waals surface area contributed by atoms with Crippen LogP contribution in [0.25, 0.3) is 16.2 Å². The molecule has 0 saturated heterocycles. The van der Waals surface area contributed by atoms with Crippen LogP contribution in [0.2, 0.25) is 0 Å². The molecule has 22 heavy (non-hydrogen) atoms. The van der Waals surface area contributed by atoms with Crippen LogP contribution in [0.5, 0.6) is 0 Å². The first-order chi connectivity index (χ1) is 10.8. The Labute approximate surface area is 129 Å². The zero-order valence-corrected chi connectivity index (χ0v) is 12.2. The van der Waals surface area contributed by atoms with Gasteiger partial charge in [-0.25, -0.2) is 4.98 Å². The van der Waals surface area contributed by atoms with Crippen molar-refractivity contribution in [2.45, 2.75) is 0 Å². The maximum Gasteiger partial charge on any atom is 0.258 e. The molecule has 3 aromatic heterocycles. The van der Waals surface area contributed by atoms with Gasteiger partial charge >= 0.3 is 0 Å². The van der Waals surface area contributed by atoms with Gasteiger partial charge < -0.3 is 5.32 Å². The SMILES string of the molecule is O=C(Nc1ccc(-c2cn3ccsc3n2)cc1)c1cn[nH]c1. The van der Waals surface area contributed by atoms with Crippen LogP contribution in [-0.2, 0) is 0 Å². The van der Waals surface area contributed by atoms with E-state index in [2.05, 4.69) is 20.5 Å². The molecule has 4 rings (SSSR count). The normalized spacial score (nSPS) is 10.9. The summed E-state index contributed by atoms with van der Waals surface area (Å²) in [6.45, 7) is 0. The van der Waals surface area contributed by atoms with Gasteiger partial charge in [0.15, 0.2) is 4.96 Å². The largest absolute Gasteiger partial charge is 0.322 e. The number of amides is 1. The van der Waals surface area contributed by atoms with Crippen LogP contribution in [-0.4, -0.2) is 25.5 Å². The predicted octanol–water partition coefficient (Wildman–Crippen LogP) is 3.04. The Morgan fingerprint density at radius 2 is 2.14 bits per heavy atom. The number of aromatic amines is 1. The molecule has 0 radical (unpaired) electrons. The standard InChI is InChI=1S/C15H11N5OS/c21-14(11-7-16-17-8-11)18-12-3-1-10(2-4-12)13-9-20-5-6-22-15(20)19-13/h1-9H,(H,16,17)(H,18,21). The molecule has 0 aliphatic carbocycles. The molecule has 0 atom stereocenters. The summed E-state index contributed by atoms with van der Waals surface area (Å²) in [6.07, 6.45) is 7.02. The third-order valence-corrected chi connectivity index (χ3v) is 4.06. The molecule has 6 nitrogen and oxygen atoms in total. The van der Waals surface area contributed by atoms with Gasteiger partial charge in [0, 0.05) is 35.2 Å². The lowest BCUT2D eigenvalue weighted by atomic mass is 10.1. The van der Waals surface area contributed by atoms with Crippen molar-refractivity contribution in [3.63, 3.8) is 0 Å². The second-order valence-electron chi connectivity index (χ2n) is 4.74. The minimum Gasteiger partial charge on any atom is -0.322 e. The number of nitrogens with one attached hydrogen (secondary N) is 2. The van der Waals surface area contributed by atoms with Gasteiger partial charge in [0.25, 0.3) is 5.91 Å². The highest BCUT2D eigenvalue weighted by atomic mass is 32.1. The number of nitrogens with zero attached hydrogens (tertiary/aromatic N) is 3. The van der Waals surface area contributed by atoms with Crippen molar-refractivity contribution in [2.24, 2.45) is 0 Å². The lowest BCUT2D eigenvalue weighted by molar-refractivity contribution is 0.102. The molecule has 108 valence electrons. The summed E-state index contributed by atoms with van der Waals surface area (Å²) in [5.74, 6) is -0.191. The van der Waals surface area contributed by atoms with Crippen molar-refractivity contribution in [1.82, 2.24) is 19.6 Å². The topological polar surface area (TPSA) is 75.1 Å². The molecule has 3 heterocycles. The molecule has 0 saturated carbocycles. The van der Waals surface area contributed by atoms with E-state index in [0.29, 0.717) is 5.56 Å². The van der Waals surface area contributed by atoms with Crippen LogP contribution in [0, 0.1) is 0 Å². The van der Waals surface area contributed by atoms with E-state index in [-0.39, 0.29) is 5.91 Å². The number of thiazole rings is 1. The van der Waals surface area contributed by atoms with Crippen molar-refractivity contribution in [1.29, 1.82) is 0 Å². The van der Waals surface area contributed by atoms with E-state index in [9.17, 15) is 4.79 Å². The Hall–Kier alpha value is -2.93. The van der Waals surface area contributed by atoms with E-state index in [4.69, 9.17) is 0 Å². The van der Waals surface area contributed by atoms with Gasteiger partial charge in [0.05, 0.1) is 17.5 Å². The van der Waals surface area contributed by atoms with Crippen molar-refractivity contribution < 1.29 is 4.79 Å².